The predicted octanol–water partition coefficient (Wildman–Crippen LogP) is -0.672. The molecule has 0 bridgehead atoms. The summed E-state index contributed by atoms with van der Waals surface area (Å²) in [6.07, 6.45) is -2.54. The highest BCUT2D eigenvalue weighted by Crippen LogP contribution is 2.31. The first-order chi connectivity index (χ1) is 27.1. The van der Waals surface area contributed by atoms with Crippen LogP contribution in [0.2, 0.25) is 0 Å². The number of sulfone groups is 1. The van der Waals surface area contributed by atoms with Crippen LogP contribution in [-0.2, 0) is 40.2 Å². The van der Waals surface area contributed by atoms with Crippen LogP contribution in [0.5, 0.6) is 5.75 Å². The van der Waals surface area contributed by atoms with Gasteiger partial charge in [0.2, 0.25) is 12.2 Å². The van der Waals surface area contributed by atoms with Gasteiger partial charge >= 0.3 is 12.1 Å². The number of anilines is 4. The molecule has 0 spiro atoms. The predicted molar refractivity (Wildman–Crippen MR) is 202 cm³/mol. The molecule has 22 heteroatoms. The number of benzene rings is 1. The highest BCUT2D eigenvalue weighted by atomic mass is 32.2. The van der Waals surface area contributed by atoms with Gasteiger partial charge in [-0.2, -0.15) is 0 Å². The van der Waals surface area contributed by atoms with E-state index in [1.54, 1.807) is 36.6 Å². The number of carboxylic acid groups (broad SMARTS) is 1. The van der Waals surface area contributed by atoms with Crippen molar-refractivity contribution >= 4 is 50.6 Å². The maximum Gasteiger partial charge on any atom is 0.411 e. The van der Waals surface area contributed by atoms with Crippen molar-refractivity contribution in [1.29, 1.82) is 0 Å². The summed E-state index contributed by atoms with van der Waals surface area (Å²) in [4.78, 5) is 66.9. The Hall–Kier alpha value is -5.23. The third kappa shape index (κ3) is 11.9. The number of carbonyl (C=O) groups excluding carboxylic acids is 2. The van der Waals surface area contributed by atoms with Crippen LogP contribution < -0.4 is 37.0 Å². The molecule has 5 rings (SSSR count). The first kappa shape index (κ1) is 42.9. The summed E-state index contributed by atoms with van der Waals surface area (Å²) in [7, 11) is -1.93. The number of piperidine rings is 1. The number of hydrogen-bond donors (Lipinski definition) is 7. The van der Waals surface area contributed by atoms with E-state index in [0.717, 1.165) is 11.2 Å². The molecule has 57 heavy (non-hydrogen) atoms. The van der Waals surface area contributed by atoms with E-state index in [2.05, 4.69) is 26.4 Å². The summed E-state index contributed by atoms with van der Waals surface area (Å²) >= 11 is 0. The molecular formula is C35H45N7O14S. The lowest BCUT2D eigenvalue weighted by atomic mass is 10.0. The minimum absolute atomic E-state index is 0.0184. The number of aliphatic hydroxyl groups is 2. The van der Waals surface area contributed by atoms with E-state index in [4.69, 9.17) is 18.9 Å². The van der Waals surface area contributed by atoms with E-state index < -0.39 is 63.3 Å². The second-order valence-electron chi connectivity index (χ2n) is 13.5. The van der Waals surface area contributed by atoms with Crippen molar-refractivity contribution in [3.8, 4) is 5.75 Å². The lowest BCUT2D eigenvalue weighted by molar-refractivity contribution is -0.237. The molecule has 1 aromatic heterocycles. The largest absolute Gasteiger partial charge is 0.479 e. The van der Waals surface area contributed by atoms with E-state index in [-0.39, 0.29) is 67.5 Å². The Morgan fingerprint density at radius 2 is 1.74 bits per heavy atom. The van der Waals surface area contributed by atoms with Crippen LogP contribution in [0.3, 0.4) is 0 Å². The van der Waals surface area contributed by atoms with Gasteiger partial charge in [0, 0.05) is 50.4 Å². The lowest BCUT2D eigenvalue weighted by Gasteiger charge is -2.35. The number of likely N-dealkylation sites (N-methyl/N-ethyl adjacent to an activating group) is 1. The SMILES string of the molecule is CNCC(=O)Nc1cc(COC(=O)N(CCS(C)(=O)=O)COC2CCN(Nc3c(Nc4ccncc4)c(=O)c3=O)CC2)ccc1O[C@@H]1O[C@H](C(=O)O)[C@@H](O)C[C@H]1O. The lowest BCUT2D eigenvalue weighted by Crippen LogP contribution is -2.52. The maximum atomic E-state index is 13.3. The molecule has 3 aromatic rings. The number of aliphatic carboxylic acids is 1. The molecule has 0 radical (unpaired) electrons. The van der Waals surface area contributed by atoms with Gasteiger partial charge in [-0.15, -0.1) is 0 Å². The molecule has 2 fully saturated rings. The van der Waals surface area contributed by atoms with Gasteiger partial charge in [-0.3, -0.25) is 24.3 Å². The summed E-state index contributed by atoms with van der Waals surface area (Å²) in [5.41, 5.74) is 3.05. The summed E-state index contributed by atoms with van der Waals surface area (Å²) < 4.78 is 46.5. The van der Waals surface area contributed by atoms with Gasteiger partial charge in [-0.05, 0) is 49.7 Å². The van der Waals surface area contributed by atoms with Crippen LogP contribution >= 0.6 is 0 Å². The van der Waals surface area contributed by atoms with Gasteiger partial charge in [0.1, 0.15) is 46.4 Å². The fourth-order valence-electron chi connectivity index (χ4n) is 5.89. The van der Waals surface area contributed by atoms with Crippen molar-refractivity contribution in [3.63, 3.8) is 0 Å². The third-order valence-electron chi connectivity index (χ3n) is 8.96. The normalized spacial score (nSPS) is 20.4. The zero-order valence-corrected chi connectivity index (χ0v) is 31.9. The number of aliphatic hydroxyl groups excluding tert-OH is 2. The molecule has 2 aliphatic rings. The zero-order valence-electron chi connectivity index (χ0n) is 31.1. The van der Waals surface area contributed by atoms with Crippen LogP contribution in [0.15, 0.2) is 52.3 Å². The molecule has 4 atom stereocenters. The van der Waals surface area contributed by atoms with Crippen LogP contribution in [0, 0.1) is 0 Å². The topological polar surface area (TPSA) is 285 Å². The summed E-state index contributed by atoms with van der Waals surface area (Å²) in [5, 5.41) is 39.8. The number of carboxylic acids is 1. The minimum atomic E-state index is -3.48. The van der Waals surface area contributed by atoms with Crippen molar-refractivity contribution in [2.75, 3.05) is 68.0 Å². The molecule has 21 nitrogen and oxygen atoms in total. The molecule has 2 saturated heterocycles. The zero-order chi connectivity index (χ0) is 41.3. The second-order valence-corrected chi connectivity index (χ2v) is 15.7. The molecule has 2 aromatic carbocycles. The number of nitrogens with one attached hydrogen (secondary N) is 4. The Bertz CT molecular complexity index is 2060. The average molecular weight is 820 g/mol. The second kappa shape index (κ2) is 19.3. The fourth-order valence-corrected chi connectivity index (χ4v) is 6.44. The van der Waals surface area contributed by atoms with E-state index in [1.807, 2.05) is 0 Å². The van der Waals surface area contributed by atoms with Crippen molar-refractivity contribution < 1.29 is 57.1 Å². The summed E-state index contributed by atoms with van der Waals surface area (Å²) in [6.45, 7) is -0.108. The van der Waals surface area contributed by atoms with Gasteiger partial charge in [0.05, 0.1) is 30.2 Å². The van der Waals surface area contributed by atoms with Gasteiger partial charge in [-0.25, -0.2) is 23.0 Å². The highest BCUT2D eigenvalue weighted by molar-refractivity contribution is 7.90. The Balaban J connectivity index is 1.18. The number of aromatic nitrogens is 1. The number of pyridine rings is 1. The summed E-state index contributed by atoms with van der Waals surface area (Å²) in [5.74, 6) is -2.33. The fraction of sp³-hybridized carbons (Fsp3) is 0.486. The van der Waals surface area contributed by atoms with Crippen LogP contribution in [0.1, 0.15) is 24.8 Å². The van der Waals surface area contributed by atoms with Crippen LogP contribution in [0.25, 0.3) is 0 Å². The molecule has 2 aliphatic heterocycles. The molecule has 310 valence electrons. The highest BCUT2D eigenvalue weighted by Gasteiger charge is 2.42. The van der Waals surface area contributed by atoms with Crippen molar-refractivity contribution in [2.45, 2.75) is 56.6 Å². The molecule has 0 aliphatic carbocycles. The van der Waals surface area contributed by atoms with Gasteiger partial charge in [-0.1, -0.05) is 6.07 Å². The number of hydrazine groups is 1. The summed E-state index contributed by atoms with van der Waals surface area (Å²) in [6, 6.07) is 7.61. The van der Waals surface area contributed by atoms with E-state index in [1.165, 1.54) is 18.2 Å². The molecule has 7 N–H and O–H groups in total. The van der Waals surface area contributed by atoms with Crippen molar-refractivity contribution in [3.05, 3.63) is 68.7 Å². The molecule has 2 amide bonds. The molecule has 3 heterocycles. The Morgan fingerprint density at radius 3 is 2.40 bits per heavy atom. The number of amides is 2. The minimum Gasteiger partial charge on any atom is -0.479 e. The number of rotatable bonds is 18. The number of ether oxygens (including phenoxy) is 4. The number of nitrogens with zero attached hydrogens (tertiary/aromatic N) is 3. The van der Waals surface area contributed by atoms with E-state index >= 15 is 0 Å². The smallest absolute Gasteiger partial charge is 0.411 e. The van der Waals surface area contributed by atoms with Crippen molar-refractivity contribution in [1.82, 2.24) is 20.2 Å². The molecule has 0 unspecified atom stereocenters. The van der Waals surface area contributed by atoms with E-state index in [0.29, 0.717) is 37.2 Å². The quantitative estimate of drug-likeness (QED) is 0.0619. The maximum absolute atomic E-state index is 13.3. The molecule has 0 saturated carbocycles. The third-order valence-corrected chi connectivity index (χ3v) is 9.88. The van der Waals surface area contributed by atoms with Crippen LogP contribution in [0.4, 0.5) is 27.5 Å². The monoisotopic (exact) mass is 819 g/mol. The standard InChI is InChI=1S/C35H45N7O14S/c1-36-17-27(45)39-23-15-20(3-4-26(23)55-34-25(44)16-24(43)32(56-34)33(48)49)18-53-35(50)41(13-14-57(2,51)52)19-54-22-7-11-42(12-8-22)40-29-28(30(46)31(29)47)38-21-5-9-37-10-6-21/h3-6,9-10,15,22,24-25,32,34,36,40,43-44H,7-8,11-14,16-19H2,1-2H3,(H,37,38)(H,39,45)(H,48,49)/t24-,25+,32-,34+/m0/s1. The Labute approximate surface area is 326 Å². The first-order valence-corrected chi connectivity index (χ1v) is 19.9. The average Bonchev–Trinajstić information content (AvgIpc) is 3.17. The van der Waals surface area contributed by atoms with Crippen molar-refractivity contribution in [2.24, 2.45) is 0 Å². The Morgan fingerprint density at radius 1 is 1.04 bits per heavy atom. The Kier molecular flexibility index (Phi) is 14.5. The van der Waals surface area contributed by atoms with Crippen LogP contribution in [-0.4, -0.2) is 139 Å². The number of carbonyl (C=O) groups is 3. The van der Waals surface area contributed by atoms with Gasteiger partial charge in [0.25, 0.3) is 10.9 Å². The first-order valence-electron chi connectivity index (χ1n) is 17.8. The number of hydrogen-bond acceptors (Lipinski definition) is 18. The van der Waals surface area contributed by atoms with E-state index in [9.17, 15) is 47.7 Å². The molecular weight excluding hydrogens is 774 g/mol. The van der Waals surface area contributed by atoms with Gasteiger partial charge in [0.15, 0.2) is 6.10 Å². The van der Waals surface area contributed by atoms with Gasteiger partial charge < -0.3 is 55.6 Å².